The van der Waals surface area contributed by atoms with E-state index < -0.39 is 6.10 Å². The molecule has 2 atom stereocenters. The lowest BCUT2D eigenvalue weighted by Gasteiger charge is -2.30. The lowest BCUT2D eigenvalue weighted by molar-refractivity contribution is 0.0443. The van der Waals surface area contributed by atoms with Crippen molar-refractivity contribution in [1.29, 1.82) is 0 Å². The number of aliphatic hydroxyl groups excluding tert-OH is 1. The number of β-amino-alcohol motifs (C(OH)–C–C–N with tert-alkyl or cyclic N) is 1. The molecular formula is C17H22N2O3S. The first-order chi connectivity index (χ1) is 11.1. The van der Waals surface area contributed by atoms with Gasteiger partial charge in [0.15, 0.2) is 0 Å². The van der Waals surface area contributed by atoms with E-state index >= 15 is 0 Å². The zero-order valence-corrected chi connectivity index (χ0v) is 14.1. The average molecular weight is 334 g/mol. The molecule has 1 fully saturated rings. The van der Waals surface area contributed by atoms with E-state index in [1.165, 1.54) is 4.90 Å². The third-order valence-electron chi connectivity index (χ3n) is 4.54. The van der Waals surface area contributed by atoms with Crippen molar-refractivity contribution in [2.75, 3.05) is 31.1 Å². The number of hydrogen-bond acceptors (Lipinski definition) is 5. The van der Waals surface area contributed by atoms with Gasteiger partial charge in [-0.15, -0.1) is 0 Å². The second-order valence-electron chi connectivity index (χ2n) is 6.17. The van der Waals surface area contributed by atoms with E-state index in [2.05, 4.69) is 11.8 Å². The number of nitrogens with zero attached hydrogens (tertiary/aromatic N) is 2. The highest BCUT2D eigenvalue weighted by Gasteiger charge is 2.36. The summed E-state index contributed by atoms with van der Waals surface area (Å²) in [4.78, 5) is 28.1. The first-order valence-electron chi connectivity index (χ1n) is 8.03. The number of thioether (sulfide) groups is 1. The van der Waals surface area contributed by atoms with Crippen LogP contribution in [0.25, 0.3) is 0 Å². The summed E-state index contributed by atoms with van der Waals surface area (Å²) in [7, 11) is 0. The Bertz CT molecular complexity index is 572. The molecule has 2 heterocycles. The number of carbonyl (C=O) groups is 2. The van der Waals surface area contributed by atoms with Crippen LogP contribution in [0.3, 0.4) is 0 Å². The summed E-state index contributed by atoms with van der Waals surface area (Å²) in [5.41, 5.74) is 0.869. The fourth-order valence-electron chi connectivity index (χ4n) is 3.16. The molecule has 1 saturated heterocycles. The van der Waals surface area contributed by atoms with Crippen LogP contribution in [0.15, 0.2) is 24.3 Å². The van der Waals surface area contributed by atoms with E-state index in [0.717, 1.165) is 24.5 Å². The van der Waals surface area contributed by atoms with Gasteiger partial charge in [-0.2, -0.15) is 11.8 Å². The molecule has 1 N–H and O–H groups in total. The molecular weight excluding hydrogens is 312 g/mol. The third kappa shape index (κ3) is 3.44. The van der Waals surface area contributed by atoms with Crippen LogP contribution in [0.2, 0.25) is 0 Å². The zero-order valence-electron chi connectivity index (χ0n) is 13.3. The number of aliphatic hydroxyl groups is 1. The third-order valence-corrected chi connectivity index (χ3v) is 5.54. The molecule has 0 aliphatic carbocycles. The molecule has 2 amide bonds. The van der Waals surface area contributed by atoms with E-state index in [-0.39, 0.29) is 18.4 Å². The maximum Gasteiger partial charge on any atom is 0.261 e. The predicted octanol–water partition coefficient (Wildman–Crippen LogP) is 1.47. The van der Waals surface area contributed by atoms with Crippen molar-refractivity contribution in [3.8, 4) is 0 Å². The molecule has 0 unspecified atom stereocenters. The SMILES string of the molecule is C[C@H]1CCSCCN1C[C@@H](O)CN1C(=O)c2ccccc2C1=O. The number of imide groups is 1. The lowest BCUT2D eigenvalue weighted by atomic mass is 10.1. The van der Waals surface area contributed by atoms with Crippen LogP contribution in [-0.4, -0.2) is 70.0 Å². The maximum atomic E-state index is 12.3. The summed E-state index contributed by atoms with van der Waals surface area (Å²) in [6.45, 7) is 3.66. The Morgan fingerprint density at radius 3 is 2.48 bits per heavy atom. The molecule has 2 aliphatic rings. The zero-order chi connectivity index (χ0) is 16.4. The number of benzene rings is 1. The van der Waals surface area contributed by atoms with Crippen molar-refractivity contribution in [3.63, 3.8) is 0 Å². The molecule has 5 nitrogen and oxygen atoms in total. The Hall–Kier alpha value is -1.37. The smallest absolute Gasteiger partial charge is 0.261 e. The summed E-state index contributed by atoms with van der Waals surface area (Å²) in [6, 6.07) is 7.24. The van der Waals surface area contributed by atoms with Gasteiger partial charge in [-0.3, -0.25) is 19.4 Å². The Morgan fingerprint density at radius 1 is 1.17 bits per heavy atom. The standard InChI is InChI=1S/C17H22N2O3S/c1-12-6-8-23-9-7-18(12)10-13(20)11-19-16(21)14-4-2-3-5-15(14)17(19)22/h2-5,12-13,20H,6-11H2,1H3/t12-,13+/m0/s1. The monoisotopic (exact) mass is 334 g/mol. The minimum atomic E-state index is -0.720. The Kier molecular flexibility index (Phi) is 5.04. The highest BCUT2D eigenvalue weighted by Crippen LogP contribution is 2.23. The molecule has 0 spiro atoms. The van der Waals surface area contributed by atoms with Gasteiger partial charge in [0.1, 0.15) is 0 Å². The summed E-state index contributed by atoms with van der Waals surface area (Å²) < 4.78 is 0. The van der Waals surface area contributed by atoms with E-state index in [4.69, 9.17) is 0 Å². The van der Waals surface area contributed by atoms with Crippen molar-refractivity contribution < 1.29 is 14.7 Å². The summed E-state index contributed by atoms with van der Waals surface area (Å²) in [5, 5.41) is 10.4. The highest BCUT2D eigenvalue weighted by atomic mass is 32.2. The van der Waals surface area contributed by atoms with Gasteiger partial charge >= 0.3 is 0 Å². The fraction of sp³-hybridized carbons (Fsp3) is 0.529. The number of hydrogen-bond donors (Lipinski definition) is 1. The van der Waals surface area contributed by atoms with E-state index in [0.29, 0.717) is 23.7 Å². The summed E-state index contributed by atoms with van der Waals surface area (Å²) >= 11 is 1.93. The van der Waals surface area contributed by atoms with Crippen molar-refractivity contribution in [2.24, 2.45) is 0 Å². The van der Waals surface area contributed by atoms with Gasteiger partial charge in [0.05, 0.1) is 23.8 Å². The number of rotatable bonds is 4. The van der Waals surface area contributed by atoms with Gasteiger partial charge in [0, 0.05) is 24.9 Å². The van der Waals surface area contributed by atoms with Crippen molar-refractivity contribution >= 4 is 23.6 Å². The molecule has 0 saturated carbocycles. The molecule has 1 aromatic carbocycles. The van der Waals surface area contributed by atoms with Gasteiger partial charge in [0.25, 0.3) is 11.8 Å². The van der Waals surface area contributed by atoms with E-state index in [1.807, 2.05) is 11.8 Å². The van der Waals surface area contributed by atoms with Crippen LogP contribution in [0.4, 0.5) is 0 Å². The molecule has 23 heavy (non-hydrogen) atoms. The molecule has 6 heteroatoms. The van der Waals surface area contributed by atoms with Crippen LogP contribution < -0.4 is 0 Å². The minimum absolute atomic E-state index is 0.0582. The number of fused-ring (bicyclic) bond motifs is 1. The van der Waals surface area contributed by atoms with Crippen LogP contribution in [-0.2, 0) is 0 Å². The van der Waals surface area contributed by atoms with Gasteiger partial charge in [0.2, 0.25) is 0 Å². The largest absolute Gasteiger partial charge is 0.390 e. The second-order valence-corrected chi connectivity index (χ2v) is 7.39. The molecule has 0 radical (unpaired) electrons. The summed E-state index contributed by atoms with van der Waals surface area (Å²) in [6.07, 6.45) is 0.382. The van der Waals surface area contributed by atoms with Crippen LogP contribution in [0.1, 0.15) is 34.1 Å². The fourth-order valence-corrected chi connectivity index (χ4v) is 4.23. The molecule has 1 aromatic rings. The Balaban J connectivity index is 1.63. The normalized spacial score (nSPS) is 23.7. The maximum absolute atomic E-state index is 12.3. The lowest BCUT2D eigenvalue weighted by Crippen LogP contribution is -2.45. The molecule has 2 aliphatic heterocycles. The second kappa shape index (κ2) is 7.03. The van der Waals surface area contributed by atoms with E-state index in [9.17, 15) is 14.7 Å². The summed E-state index contributed by atoms with van der Waals surface area (Å²) in [5.74, 6) is 1.60. The minimum Gasteiger partial charge on any atom is -0.390 e. The van der Waals surface area contributed by atoms with Gasteiger partial charge < -0.3 is 5.11 Å². The Labute approximate surface area is 140 Å². The molecule has 0 aromatic heterocycles. The van der Waals surface area contributed by atoms with Gasteiger partial charge in [-0.05, 0) is 31.2 Å². The highest BCUT2D eigenvalue weighted by molar-refractivity contribution is 7.99. The van der Waals surface area contributed by atoms with Crippen LogP contribution in [0.5, 0.6) is 0 Å². The van der Waals surface area contributed by atoms with Gasteiger partial charge in [-0.1, -0.05) is 12.1 Å². The quantitative estimate of drug-likeness (QED) is 0.845. The predicted molar refractivity (Wildman–Crippen MR) is 90.8 cm³/mol. The van der Waals surface area contributed by atoms with Crippen LogP contribution in [0, 0.1) is 0 Å². The van der Waals surface area contributed by atoms with Crippen molar-refractivity contribution in [2.45, 2.75) is 25.5 Å². The first-order valence-corrected chi connectivity index (χ1v) is 9.18. The molecule has 3 rings (SSSR count). The van der Waals surface area contributed by atoms with Gasteiger partial charge in [-0.25, -0.2) is 0 Å². The average Bonchev–Trinajstić information content (AvgIpc) is 2.69. The first kappa shape index (κ1) is 16.5. The number of amides is 2. The number of carbonyl (C=O) groups excluding carboxylic acids is 2. The molecule has 0 bridgehead atoms. The topological polar surface area (TPSA) is 60.9 Å². The van der Waals surface area contributed by atoms with Crippen LogP contribution >= 0.6 is 11.8 Å². The van der Waals surface area contributed by atoms with E-state index in [1.54, 1.807) is 24.3 Å². The van der Waals surface area contributed by atoms with Crippen molar-refractivity contribution in [3.05, 3.63) is 35.4 Å². The Morgan fingerprint density at radius 2 is 1.83 bits per heavy atom. The molecule has 124 valence electrons. The van der Waals surface area contributed by atoms with Crippen molar-refractivity contribution in [1.82, 2.24) is 9.80 Å².